The summed E-state index contributed by atoms with van der Waals surface area (Å²) in [4.78, 5) is 7.82. The summed E-state index contributed by atoms with van der Waals surface area (Å²) < 4.78 is 67.4. The number of alkyl halides is 5. The Morgan fingerprint density at radius 1 is 1.28 bits per heavy atom. The third kappa shape index (κ3) is 8.28. The summed E-state index contributed by atoms with van der Waals surface area (Å²) in [7, 11) is 0. The third-order valence-corrected chi connectivity index (χ3v) is 4.28. The van der Waals surface area contributed by atoms with Crippen molar-refractivity contribution in [2.75, 3.05) is 6.54 Å². The molecular formula is C17H20F5IN4OS. The van der Waals surface area contributed by atoms with E-state index in [2.05, 4.69) is 25.3 Å². The van der Waals surface area contributed by atoms with Crippen LogP contribution in [0.25, 0.3) is 0 Å². The molecule has 1 aromatic heterocycles. The van der Waals surface area contributed by atoms with Crippen LogP contribution in [0.2, 0.25) is 0 Å². The summed E-state index contributed by atoms with van der Waals surface area (Å²) in [6.45, 7) is 1.27. The smallest absolute Gasteiger partial charge is 0.434 e. The van der Waals surface area contributed by atoms with E-state index in [-0.39, 0.29) is 47.8 Å². The fourth-order valence-electron chi connectivity index (χ4n) is 2.23. The van der Waals surface area contributed by atoms with Gasteiger partial charge in [-0.2, -0.15) is 22.0 Å². The molecule has 0 aliphatic carbocycles. The second kappa shape index (κ2) is 11.5. The molecule has 12 heteroatoms. The van der Waals surface area contributed by atoms with Crippen molar-refractivity contribution in [1.29, 1.82) is 0 Å². The molecule has 0 fully saturated rings. The number of benzene rings is 1. The number of halogens is 6. The number of nitrogens with zero attached hydrogens (tertiary/aromatic N) is 2. The molecule has 0 saturated carbocycles. The number of nitrogens with one attached hydrogen (secondary N) is 2. The highest BCUT2D eigenvalue weighted by molar-refractivity contribution is 14.0. The average Bonchev–Trinajstić information content (AvgIpc) is 3.08. The van der Waals surface area contributed by atoms with E-state index in [1.54, 1.807) is 12.1 Å². The molecule has 0 amide bonds. The Bertz CT molecular complexity index is 813. The molecule has 0 aliphatic heterocycles. The molecule has 2 N–H and O–H groups in total. The van der Waals surface area contributed by atoms with Gasteiger partial charge in [0.15, 0.2) is 11.7 Å². The van der Waals surface area contributed by atoms with Crippen LogP contribution in [0.3, 0.4) is 0 Å². The first kappa shape index (κ1) is 25.3. The largest absolute Gasteiger partial charge is 0.434 e. The Kier molecular flexibility index (Phi) is 10.0. The Balaban J connectivity index is 0.00000420. The summed E-state index contributed by atoms with van der Waals surface area (Å²) in [5.41, 5.74) is 0.378. The van der Waals surface area contributed by atoms with E-state index in [0.29, 0.717) is 18.1 Å². The lowest BCUT2D eigenvalue weighted by molar-refractivity contribution is -0.140. The first-order valence-electron chi connectivity index (χ1n) is 8.27. The maximum absolute atomic E-state index is 12.6. The van der Waals surface area contributed by atoms with E-state index in [0.717, 1.165) is 22.3 Å². The number of aromatic nitrogens is 1. The Labute approximate surface area is 185 Å². The lowest BCUT2D eigenvalue weighted by Crippen LogP contribution is -2.36. The first-order valence-corrected chi connectivity index (χ1v) is 9.15. The number of aliphatic imine (C=N–C) groups is 1. The predicted octanol–water partition coefficient (Wildman–Crippen LogP) is 4.95. The molecule has 0 spiro atoms. The van der Waals surface area contributed by atoms with E-state index in [1.807, 2.05) is 13.8 Å². The standard InChI is InChI=1S/C17H19F5N4OS.HI/c1-3-23-16(25-8-14-26-13(9-28-14)17(20,21)22)24-7-11-6-10(2)4-5-12(11)27-15(18)19;/h4-6,9,15H,3,7-8H2,1-2H3,(H2,23,24,25);1H. The zero-order valence-corrected chi connectivity index (χ0v) is 18.7. The molecule has 2 rings (SSSR count). The van der Waals surface area contributed by atoms with Crippen molar-refractivity contribution in [3.8, 4) is 5.75 Å². The number of hydrogen-bond acceptors (Lipinski definition) is 4. The number of hydrogen-bond donors (Lipinski definition) is 2. The van der Waals surface area contributed by atoms with Gasteiger partial charge in [0.05, 0.1) is 13.1 Å². The fourth-order valence-corrected chi connectivity index (χ4v) is 2.97. The highest BCUT2D eigenvalue weighted by Gasteiger charge is 2.33. The summed E-state index contributed by atoms with van der Waals surface area (Å²) in [5, 5.41) is 7.01. The summed E-state index contributed by atoms with van der Waals surface area (Å²) in [6, 6.07) is 4.78. The Morgan fingerprint density at radius 2 is 2.00 bits per heavy atom. The second-order valence-corrected chi connectivity index (χ2v) is 6.61. The number of rotatable bonds is 7. The molecule has 0 aliphatic rings. The molecule has 0 bridgehead atoms. The minimum absolute atomic E-state index is 0. The second-order valence-electron chi connectivity index (χ2n) is 5.66. The van der Waals surface area contributed by atoms with Crippen molar-refractivity contribution in [1.82, 2.24) is 15.6 Å². The molecule has 0 atom stereocenters. The number of guanidine groups is 1. The monoisotopic (exact) mass is 550 g/mol. The van der Waals surface area contributed by atoms with Crippen LogP contribution in [0.15, 0.2) is 28.6 Å². The molecule has 5 nitrogen and oxygen atoms in total. The van der Waals surface area contributed by atoms with Crippen LogP contribution in [-0.2, 0) is 19.3 Å². The summed E-state index contributed by atoms with van der Waals surface area (Å²) in [6.07, 6.45) is -4.49. The summed E-state index contributed by atoms with van der Waals surface area (Å²) in [5.74, 6) is 0.339. The maximum atomic E-state index is 12.6. The normalized spacial score (nSPS) is 11.9. The van der Waals surface area contributed by atoms with E-state index >= 15 is 0 Å². The van der Waals surface area contributed by atoms with Gasteiger partial charge in [-0.05, 0) is 19.9 Å². The van der Waals surface area contributed by atoms with Gasteiger partial charge in [0.2, 0.25) is 0 Å². The fraction of sp³-hybridized carbons (Fsp3) is 0.412. The van der Waals surface area contributed by atoms with Gasteiger partial charge >= 0.3 is 12.8 Å². The van der Waals surface area contributed by atoms with Gasteiger partial charge in [0.25, 0.3) is 0 Å². The van der Waals surface area contributed by atoms with Crippen LogP contribution in [0.1, 0.15) is 28.8 Å². The molecule has 29 heavy (non-hydrogen) atoms. The lowest BCUT2D eigenvalue weighted by Gasteiger charge is -2.13. The zero-order valence-electron chi connectivity index (χ0n) is 15.5. The average molecular weight is 550 g/mol. The van der Waals surface area contributed by atoms with Crippen LogP contribution < -0.4 is 15.4 Å². The van der Waals surface area contributed by atoms with E-state index in [9.17, 15) is 22.0 Å². The van der Waals surface area contributed by atoms with E-state index < -0.39 is 18.5 Å². The molecule has 1 heterocycles. The van der Waals surface area contributed by atoms with Crippen molar-refractivity contribution >= 4 is 41.3 Å². The molecule has 0 saturated heterocycles. The highest BCUT2D eigenvalue weighted by atomic mass is 127. The minimum Gasteiger partial charge on any atom is -0.434 e. The van der Waals surface area contributed by atoms with Crippen molar-refractivity contribution in [3.63, 3.8) is 0 Å². The molecule has 0 unspecified atom stereocenters. The Hall–Kier alpha value is -1.70. The van der Waals surface area contributed by atoms with Crippen LogP contribution in [0.5, 0.6) is 5.75 Å². The molecule has 0 radical (unpaired) electrons. The topological polar surface area (TPSA) is 58.5 Å². The van der Waals surface area contributed by atoms with Crippen LogP contribution in [-0.4, -0.2) is 24.1 Å². The van der Waals surface area contributed by atoms with Gasteiger partial charge in [0, 0.05) is 17.5 Å². The van der Waals surface area contributed by atoms with Crippen molar-refractivity contribution in [2.24, 2.45) is 4.99 Å². The zero-order chi connectivity index (χ0) is 20.7. The predicted molar refractivity (Wildman–Crippen MR) is 112 cm³/mol. The number of aryl methyl sites for hydroxylation is 1. The van der Waals surface area contributed by atoms with Crippen molar-refractivity contribution in [2.45, 2.75) is 39.7 Å². The minimum atomic E-state index is -4.49. The maximum Gasteiger partial charge on any atom is 0.434 e. The number of thiazole rings is 1. The first-order chi connectivity index (χ1) is 13.2. The Morgan fingerprint density at radius 3 is 2.59 bits per heavy atom. The summed E-state index contributed by atoms with van der Waals surface area (Å²) >= 11 is 0.882. The van der Waals surface area contributed by atoms with Crippen molar-refractivity contribution in [3.05, 3.63) is 45.4 Å². The highest BCUT2D eigenvalue weighted by Crippen LogP contribution is 2.30. The molecule has 1 aromatic carbocycles. The van der Waals surface area contributed by atoms with Crippen LogP contribution >= 0.6 is 35.3 Å². The third-order valence-electron chi connectivity index (χ3n) is 3.43. The SMILES string of the molecule is CCNC(=NCc1cc(C)ccc1OC(F)F)NCc1nc(C(F)(F)F)cs1.I. The molecule has 162 valence electrons. The van der Waals surface area contributed by atoms with Gasteiger partial charge in [0.1, 0.15) is 10.8 Å². The van der Waals surface area contributed by atoms with Gasteiger partial charge in [-0.15, -0.1) is 35.3 Å². The molecular weight excluding hydrogens is 530 g/mol. The lowest BCUT2D eigenvalue weighted by atomic mass is 10.1. The van der Waals surface area contributed by atoms with Gasteiger partial charge in [-0.25, -0.2) is 9.98 Å². The quantitative estimate of drug-likeness (QED) is 0.222. The number of ether oxygens (including phenoxy) is 1. The molecule has 2 aromatic rings. The van der Waals surface area contributed by atoms with Gasteiger partial charge in [-0.1, -0.05) is 17.7 Å². The van der Waals surface area contributed by atoms with Gasteiger partial charge in [-0.3, -0.25) is 0 Å². The van der Waals surface area contributed by atoms with Gasteiger partial charge < -0.3 is 15.4 Å². The van der Waals surface area contributed by atoms with E-state index in [4.69, 9.17) is 0 Å². The van der Waals surface area contributed by atoms with Crippen molar-refractivity contribution < 1.29 is 26.7 Å². The van der Waals surface area contributed by atoms with E-state index in [1.165, 1.54) is 6.07 Å². The van der Waals surface area contributed by atoms with Crippen LogP contribution in [0, 0.1) is 6.92 Å². The van der Waals surface area contributed by atoms with Crippen LogP contribution in [0.4, 0.5) is 22.0 Å².